The third-order valence-electron chi connectivity index (χ3n) is 4.27. The Hall–Kier alpha value is -2.05. The van der Waals surface area contributed by atoms with Gasteiger partial charge in [-0.2, -0.15) is 5.10 Å². The summed E-state index contributed by atoms with van der Waals surface area (Å²) in [6.07, 6.45) is 4.24. The van der Waals surface area contributed by atoms with Crippen molar-refractivity contribution in [2.24, 2.45) is 0 Å². The highest BCUT2D eigenvalue weighted by Crippen LogP contribution is 2.27. The van der Waals surface area contributed by atoms with Crippen molar-refractivity contribution in [1.29, 1.82) is 0 Å². The lowest BCUT2D eigenvalue weighted by Crippen LogP contribution is -2.34. The van der Waals surface area contributed by atoms with E-state index in [-0.39, 0.29) is 0 Å². The number of thiazole rings is 1. The molecule has 0 bridgehead atoms. The van der Waals surface area contributed by atoms with E-state index in [0.717, 1.165) is 43.3 Å². The first-order valence-corrected chi connectivity index (χ1v) is 8.85. The molecule has 1 saturated heterocycles. The molecular weight excluding hydrogens is 306 g/mol. The van der Waals surface area contributed by atoms with Crippen LogP contribution in [0.5, 0.6) is 0 Å². The molecule has 0 amide bonds. The number of aromatic nitrogens is 4. The highest BCUT2D eigenvalue weighted by molar-refractivity contribution is 7.09. The van der Waals surface area contributed by atoms with Gasteiger partial charge in [-0.25, -0.2) is 9.97 Å². The summed E-state index contributed by atoms with van der Waals surface area (Å²) in [5.74, 6) is 2.22. The maximum atomic E-state index is 4.73. The summed E-state index contributed by atoms with van der Waals surface area (Å²) in [7, 11) is 0. The number of piperidine rings is 1. The molecule has 3 heterocycles. The van der Waals surface area contributed by atoms with Crippen molar-refractivity contribution < 1.29 is 0 Å². The zero-order chi connectivity index (χ0) is 15.5. The van der Waals surface area contributed by atoms with Crippen LogP contribution in [-0.4, -0.2) is 38.2 Å². The Labute approximate surface area is 139 Å². The minimum Gasteiger partial charge on any atom is -0.296 e. The van der Waals surface area contributed by atoms with Crippen molar-refractivity contribution in [2.75, 3.05) is 13.1 Å². The fraction of sp³-hybridized carbons (Fsp3) is 0.353. The smallest absolute Gasteiger partial charge is 0.181 e. The second-order valence-corrected chi connectivity index (χ2v) is 6.89. The molecule has 1 fully saturated rings. The molecule has 5 nitrogen and oxygen atoms in total. The molecule has 4 rings (SSSR count). The lowest BCUT2D eigenvalue weighted by Gasteiger charge is -2.30. The number of aromatic amines is 1. The van der Waals surface area contributed by atoms with Crippen LogP contribution in [0.3, 0.4) is 0 Å². The second kappa shape index (κ2) is 6.60. The van der Waals surface area contributed by atoms with E-state index in [1.54, 1.807) is 11.3 Å². The Balaban J connectivity index is 1.46. The van der Waals surface area contributed by atoms with Crippen LogP contribution >= 0.6 is 11.3 Å². The van der Waals surface area contributed by atoms with Gasteiger partial charge in [0, 0.05) is 29.6 Å². The van der Waals surface area contributed by atoms with Gasteiger partial charge in [-0.05, 0) is 19.4 Å². The third kappa shape index (κ3) is 3.33. The second-order valence-electron chi connectivity index (χ2n) is 5.91. The molecular formula is C17H19N5S. The molecule has 118 valence electrons. The fourth-order valence-electron chi connectivity index (χ4n) is 3.12. The first kappa shape index (κ1) is 14.5. The van der Waals surface area contributed by atoms with Crippen molar-refractivity contribution in [3.63, 3.8) is 0 Å². The topological polar surface area (TPSA) is 57.7 Å². The van der Waals surface area contributed by atoms with Gasteiger partial charge >= 0.3 is 0 Å². The third-order valence-corrected chi connectivity index (χ3v) is 5.03. The number of nitrogens with zero attached hydrogens (tertiary/aromatic N) is 4. The Morgan fingerprint density at radius 2 is 2.17 bits per heavy atom. The maximum absolute atomic E-state index is 4.73. The van der Waals surface area contributed by atoms with Crippen LogP contribution in [0.25, 0.3) is 11.4 Å². The van der Waals surface area contributed by atoms with Crippen molar-refractivity contribution in [1.82, 2.24) is 25.1 Å². The summed E-state index contributed by atoms with van der Waals surface area (Å²) < 4.78 is 0. The molecule has 23 heavy (non-hydrogen) atoms. The molecule has 1 aromatic carbocycles. The highest BCUT2D eigenvalue weighted by Gasteiger charge is 2.24. The minimum atomic E-state index is 0.425. The molecule has 0 spiro atoms. The number of likely N-dealkylation sites (tertiary alicyclic amines) is 1. The maximum Gasteiger partial charge on any atom is 0.181 e. The number of H-pyrrole nitrogens is 1. The van der Waals surface area contributed by atoms with Crippen LogP contribution in [0.2, 0.25) is 0 Å². The summed E-state index contributed by atoms with van der Waals surface area (Å²) in [6.45, 7) is 3.09. The predicted molar refractivity (Wildman–Crippen MR) is 91.2 cm³/mol. The van der Waals surface area contributed by atoms with Crippen LogP contribution in [0, 0.1) is 0 Å². The molecule has 3 aromatic rings. The average molecular weight is 325 g/mol. The van der Waals surface area contributed by atoms with Gasteiger partial charge in [0.05, 0.1) is 6.54 Å². The van der Waals surface area contributed by atoms with Gasteiger partial charge in [-0.15, -0.1) is 11.3 Å². The minimum absolute atomic E-state index is 0.425. The van der Waals surface area contributed by atoms with E-state index in [0.29, 0.717) is 5.92 Å². The first-order valence-electron chi connectivity index (χ1n) is 7.97. The zero-order valence-corrected chi connectivity index (χ0v) is 13.7. The number of nitrogens with one attached hydrogen (secondary N) is 1. The van der Waals surface area contributed by atoms with E-state index in [1.165, 1.54) is 11.4 Å². The summed E-state index contributed by atoms with van der Waals surface area (Å²) in [5, 5.41) is 10.8. The Morgan fingerprint density at radius 3 is 3.00 bits per heavy atom. The van der Waals surface area contributed by atoms with Crippen LogP contribution < -0.4 is 0 Å². The van der Waals surface area contributed by atoms with E-state index in [2.05, 4.69) is 20.1 Å². The lowest BCUT2D eigenvalue weighted by atomic mass is 9.97. The van der Waals surface area contributed by atoms with Gasteiger partial charge in [0.25, 0.3) is 0 Å². The van der Waals surface area contributed by atoms with Crippen LogP contribution in [-0.2, 0) is 6.54 Å². The summed E-state index contributed by atoms with van der Waals surface area (Å²) >= 11 is 1.73. The SMILES string of the molecule is c1ccc(-c2n[nH]c(C3CCCN(Cc4nccs4)C3)n2)cc1. The number of benzene rings is 1. The molecule has 1 unspecified atom stereocenters. The molecule has 1 atom stereocenters. The largest absolute Gasteiger partial charge is 0.296 e. The molecule has 1 N–H and O–H groups in total. The summed E-state index contributed by atoms with van der Waals surface area (Å²) in [6, 6.07) is 10.1. The van der Waals surface area contributed by atoms with Crippen LogP contribution in [0.1, 0.15) is 29.6 Å². The van der Waals surface area contributed by atoms with E-state index in [9.17, 15) is 0 Å². The van der Waals surface area contributed by atoms with Crippen molar-refractivity contribution in [2.45, 2.75) is 25.3 Å². The van der Waals surface area contributed by atoms with Crippen molar-refractivity contribution in [3.8, 4) is 11.4 Å². The predicted octanol–water partition coefficient (Wildman–Crippen LogP) is 3.31. The molecule has 0 aliphatic carbocycles. The van der Waals surface area contributed by atoms with Gasteiger partial charge in [-0.3, -0.25) is 10.00 Å². The normalized spacial score (nSPS) is 19.0. The van der Waals surface area contributed by atoms with Gasteiger partial charge in [-0.1, -0.05) is 30.3 Å². The summed E-state index contributed by atoms with van der Waals surface area (Å²) in [5.41, 5.74) is 1.06. The monoisotopic (exact) mass is 325 g/mol. The Morgan fingerprint density at radius 1 is 1.26 bits per heavy atom. The van der Waals surface area contributed by atoms with E-state index < -0.39 is 0 Å². The first-order chi connectivity index (χ1) is 11.4. The number of hydrogen-bond acceptors (Lipinski definition) is 5. The van der Waals surface area contributed by atoms with E-state index >= 15 is 0 Å². The quantitative estimate of drug-likeness (QED) is 0.799. The molecule has 2 aromatic heterocycles. The van der Waals surface area contributed by atoms with Gasteiger partial charge in [0.15, 0.2) is 5.82 Å². The van der Waals surface area contributed by atoms with Crippen LogP contribution in [0.4, 0.5) is 0 Å². The number of hydrogen-bond donors (Lipinski definition) is 1. The standard InChI is InChI=1S/C17H19N5S/c1-2-5-13(6-3-1)16-19-17(21-20-16)14-7-4-9-22(11-14)12-15-18-8-10-23-15/h1-3,5-6,8,10,14H,4,7,9,11-12H2,(H,19,20,21). The molecule has 6 heteroatoms. The van der Waals surface area contributed by atoms with Gasteiger partial charge < -0.3 is 0 Å². The van der Waals surface area contributed by atoms with E-state index in [4.69, 9.17) is 4.98 Å². The Kier molecular flexibility index (Phi) is 4.17. The fourth-order valence-corrected chi connectivity index (χ4v) is 3.78. The number of rotatable bonds is 4. The molecule has 1 aliphatic rings. The summed E-state index contributed by atoms with van der Waals surface area (Å²) in [4.78, 5) is 11.6. The van der Waals surface area contributed by atoms with Gasteiger partial charge in [0.1, 0.15) is 10.8 Å². The van der Waals surface area contributed by atoms with Gasteiger partial charge in [0.2, 0.25) is 0 Å². The van der Waals surface area contributed by atoms with Crippen LogP contribution in [0.15, 0.2) is 41.9 Å². The average Bonchev–Trinajstić information content (AvgIpc) is 3.28. The lowest BCUT2D eigenvalue weighted by molar-refractivity contribution is 0.196. The molecule has 0 radical (unpaired) electrons. The molecule has 0 saturated carbocycles. The zero-order valence-electron chi connectivity index (χ0n) is 12.9. The Bertz CT molecular complexity index is 737. The van der Waals surface area contributed by atoms with Crippen molar-refractivity contribution in [3.05, 3.63) is 52.7 Å². The van der Waals surface area contributed by atoms with E-state index in [1.807, 2.05) is 41.9 Å². The van der Waals surface area contributed by atoms with Crippen molar-refractivity contribution >= 4 is 11.3 Å². The molecule has 1 aliphatic heterocycles. The highest BCUT2D eigenvalue weighted by atomic mass is 32.1.